The Balaban J connectivity index is 1.74. The highest BCUT2D eigenvalue weighted by Crippen LogP contribution is 2.44. The number of aromatic nitrogens is 1. The fourth-order valence-electron chi connectivity index (χ4n) is 4.91. The van der Waals surface area contributed by atoms with Gasteiger partial charge < -0.3 is 25.0 Å². The van der Waals surface area contributed by atoms with Crippen molar-refractivity contribution in [1.82, 2.24) is 15.2 Å². The summed E-state index contributed by atoms with van der Waals surface area (Å²) in [5.41, 5.74) is -0.548. The Bertz CT molecular complexity index is 1140. The van der Waals surface area contributed by atoms with Crippen molar-refractivity contribution in [1.29, 1.82) is 0 Å². The fourth-order valence-corrected chi connectivity index (χ4v) is 4.91. The van der Waals surface area contributed by atoms with E-state index in [0.717, 1.165) is 18.9 Å². The molecule has 2 aliphatic heterocycles. The van der Waals surface area contributed by atoms with Crippen molar-refractivity contribution < 1.29 is 23.8 Å². The average molecular weight is 415 g/mol. The Hall–Kier alpha value is -2.94. The van der Waals surface area contributed by atoms with E-state index in [1.165, 1.54) is 13.3 Å². The number of halogens is 1. The molecule has 3 unspecified atom stereocenters. The van der Waals surface area contributed by atoms with Gasteiger partial charge in [0.1, 0.15) is 11.4 Å². The number of hydrogen-bond donors (Lipinski definition) is 3. The van der Waals surface area contributed by atoms with Gasteiger partial charge >= 0.3 is 5.97 Å². The van der Waals surface area contributed by atoms with Gasteiger partial charge in [0.2, 0.25) is 11.3 Å². The van der Waals surface area contributed by atoms with Crippen LogP contribution in [-0.2, 0) is 4.79 Å². The molecule has 9 heteroatoms. The second kappa shape index (κ2) is 6.80. The van der Waals surface area contributed by atoms with Crippen LogP contribution in [0.15, 0.2) is 17.1 Å². The SMILES string of the molecule is COc1c(C2CC3CNCC3C(=O)N2)c(F)cc2c(=O)c(C(=O)O)cn(C3CC3)c12. The Labute approximate surface area is 171 Å². The third-order valence-electron chi connectivity index (χ3n) is 6.51. The van der Waals surface area contributed by atoms with Crippen molar-refractivity contribution in [3.63, 3.8) is 0 Å². The second-order valence-corrected chi connectivity index (χ2v) is 8.34. The highest BCUT2D eigenvalue weighted by molar-refractivity contribution is 5.95. The average Bonchev–Trinajstić information content (AvgIpc) is 3.44. The summed E-state index contributed by atoms with van der Waals surface area (Å²) in [6, 6.07) is 0.536. The van der Waals surface area contributed by atoms with E-state index in [2.05, 4.69) is 10.6 Å². The minimum Gasteiger partial charge on any atom is -0.494 e. The van der Waals surface area contributed by atoms with Crippen LogP contribution in [0.25, 0.3) is 10.9 Å². The number of carbonyl (C=O) groups excluding carboxylic acids is 1. The van der Waals surface area contributed by atoms with E-state index >= 15 is 4.39 Å². The van der Waals surface area contributed by atoms with Gasteiger partial charge in [-0.05, 0) is 37.8 Å². The van der Waals surface area contributed by atoms with Gasteiger partial charge in [0.15, 0.2) is 5.75 Å². The van der Waals surface area contributed by atoms with E-state index < -0.39 is 28.8 Å². The maximum absolute atomic E-state index is 15.3. The number of hydrogen-bond acceptors (Lipinski definition) is 5. The number of carbonyl (C=O) groups is 2. The van der Waals surface area contributed by atoms with Gasteiger partial charge in [-0.15, -0.1) is 0 Å². The predicted octanol–water partition coefficient (Wildman–Crippen LogP) is 1.58. The summed E-state index contributed by atoms with van der Waals surface area (Å²) < 4.78 is 22.7. The first kappa shape index (κ1) is 19.0. The number of nitrogens with zero attached hydrogens (tertiary/aromatic N) is 1. The normalized spacial score (nSPS) is 25.8. The molecule has 3 heterocycles. The number of pyridine rings is 1. The summed E-state index contributed by atoms with van der Waals surface area (Å²) in [7, 11) is 1.40. The molecule has 158 valence electrons. The summed E-state index contributed by atoms with van der Waals surface area (Å²) in [6.45, 7) is 1.31. The van der Waals surface area contributed by atoms with Crippen molar-refractivity contribution in [2.75, 3.05) is 20.2 Å². The Morgan fingerprint density at radius 1 is 1.30 bits per heavy atom. The van der Waals surface area contributed by atoms with E-state index in [0.29, 0.717) is 25.0 Å². The lowest BCUT2D eigenvalue weighted by atomic mass is 9.82. The van der Waals surface area contributed by atoms with Gasteiger partial charge in [-0.25, -0.2) is 9.18 Å². The van der Waals surface area contributed by atoms with Crippen LogP contribution >= 0.6 is 0 Å². The lowest BCUT2D eigenvalue weighted by molar-refractivity contribution is -0.128. The molecule has 1 aliphatic carbocycles. The topological polar surface area (TPSA) is 110 Å². The smallest absolute Gasteiger partial charge is 0.341 e. The summed E-state index contributed by atoms with van der Waals surface area (Å²) >= 11 is 0. The number of methoxy groups -OCH3 is 1. The standard InChI is InChI=1S/C21H22FN3O5/c1-30-19-16(15-4-9-6-23-7-12(9)20(27)24-15)14(22)5-11-17(19)25(10-2-3-10)8-13(18(11)26)21(28)29/h5,8-10,12,15,23H,2-4,6-7H2,1H3,(H,24,27)(H,28,29). The minimum atomic E-state index is -1.35. The number of ether oxygens (including phenoxy) is 1. The Morgan fingerprint density at radius 3 is 2.73 bits per heavy atom. The quantitative estimate of drug-likeness (QED) is 0.700. The summed E-state index contributed by atoms with van der Waals surface area (Å²) in [5.74, 6) is -2.00. The number of nitrogens with one attached hydrogen (secondary N) is 2. The molecule has 2 saturated heterocycles. The van der Waals surface area contributed by atoms with E-state index in [9.17, 15) is 19.5 Å². The van der Waals surface area contributed by atoms with Crippen molar-refractivity contribution in [2.45, 2.75) is 31.3 Å². The number of benzene rings is 1. The molecule has 5 rings (SSSR count). The van der Waals surface area contributed by atoms with Gasteiger partial charge in [0.25, 0.3) is 0 Å². The van der Waals surface area contributed by atoms with Crippen LogP contribution in [0.1, 0.15) is 47.3 Å². The second-order valence-electron chi connectivity index (χ2n) is 8.34. The van der Waals surface area contributed by atoms with Gasteiger partial charge in [0, 0.05) is 18.8 Å². The van der Waals surface area contributed by atoms with Gasteiger partial charge in [-0.3, -0.25) is 9.59 Å². The summed E-state index contributed by atoms with van der Waals surface area (Å²) in [6.07, 6.45) is 3.55. The molecular formula is C21H22FN3O5. The largest absolute Gasteiger partial charge is 0.494 e. The Morgan fingerprint density at radius 2 is 2.07 bits per heavy atom. The molecule has 0 bridgehead atoms. The molecule has 1 aromatic carbocycles. The molecule has 0 spiro atoms. The van der Waals surface area contributed by atoms with Crippen LogP contribution in [0.4, 0.5) is 4.39 Å². The lowest BCUT2D eigenvalue weighted by Crippen LogP contribution is -2.44. The van der Waals surface area contributed by atoms with Crippen molar-refractivity contribution >= 4 is 22.8 Å². The van der Waals surface area contributed by atoms with Crippen LogP contribution < -0.4 is 20.8 Å². The maximum atomic E-state index is 15.3. The first-order valence-electron chi connectivity index (χ1n) is 10.1. The summed E-state index contributed by atoms with van der Waals surface area (Å²) in [4.78, 5) is 36.9. The number of fused-ring (bicyclic) bond motifs is 2. The third kappa shape index (κ3) is 2.79. The monoisotopic (exact) mass is 415 g/mol. The number of carboxylic acid groups (broad SMARTS) is 1. The van der Waals surface area contributed by atoms with E-state index in [-0.39, 0.29) is 40.5 Å². The number of carboxylic acids is 1. The van der Waals surface area contributed by atoms with Crippen LogP contribution in [0.2, 0.25) is 0 Å². The predicted molar refractivity (Wildman–Crippen MR) is 105 cm³/mol. The minimum absolute atomic E-state index is 0.0255. The molecule has 3 N–H and O–H groups in total. The van der Waals surface area contributed by atoms with Crippen molar-refractivity contribution in [2.24, 2.45) is 11.8 Å². The highest BCUT2D eigenvalue weighted by atomic mass is 19.1. The van der Waals surface area contributed by atoms with Crippen molar-refractivity contribution in [3.8, 4) is 5.75 Å². The molecule has 1 aromatic heterocycles. The number of amides is 1. The number of piperidine rings is 1. The van der Waals surface area contributed by atoms with E-state index in [1.807, 2.05) is 0 Å². The van der Waals surface area contributed by atoms with Crippen LogP contribution in [-0.4, -0.2) is 41.7 Å². The van der Waals surface area contributed by atoms with Gasteiger partial charge in [-0.1, -0.05) is 0 Å². The zero-order chi connectivity index (χ0) is 21.2. The fraction of sp³-hybridized carbons (Fsp3) is 0.476. The molecule has 0 radical (unpaired) electrons. The number of aromatic carboxylic acids is 1. The van der Waals surface area contributed by atoms with E-state index in [4.69, 9.17) is 4.74 Å². The van der Waals surface area contributed by atoms with Gasteiger partial charge in [-0.2, -0.15) is 0 Å². The highest BCUT2D eigenvalue weighted by Gasteiger charge is 2.42. The molecule has 3 atom stereocenters. The van der Waals surface area contributed by atoms with Crippen LogP contribution in [0.5, 0.6) is 5.75 Å². The van der Waals surface area contributed by atoms with Gasteiger partial charge in [0.05, 0.1) is 35.5 Å². The molecule has 1 amide bonds. The summed E-state index contributed by atoms with van der Waals surface area (Å²) in [5, 5.41) is 15.5. The molecule has 3 aliphatic rings. The molecule has 2 aromatic rings. The molecule has 1 saturated carbocycles. The molecule has 8 nitrogen and oxygen atoms in total. The van der Waals surface area contributed by atoms with Crippen LogP contribution in [0.3, 0.4) is 0 Å². The lowest BCUT2D eigenvalue weighted by Gasteiger charge is -2.33. The van der Waals surface area contributed by atoms with Crippen molar-refractivity contribution in [3.05, 3.63) is 39.4 Å². The zero-order valence-electron chi connectivity index (χ0n) is 16.4. The molecule has 3 fully saturated rings. The van der Waals surface area contributed by atoms with E-state index in [1.54, 1.807) is 4.57 Å². The van der Waals surface area contributed by atoms with Crippen LogP contribution in [0, 0.1) is 17.7 Å². The third-order valence-corrected chi connectivity index (χ3v) is 6.51. The maximum Gasteiger partial charge on any atom is 0.341 e. The number of rotatable bonds is 4. The first-order chi connectivity index (χ1) is 14.4. The molecule has 30 heavy (non-hydrogen) atoms. The Kier molecular flexibility index (Phi) is 4.32. The first-order valence-corrected chi connectivity index (χ1v) is 10.1. The zero-order valence-corrected chi connectivity index (χ0v) is 16.4. The molecular weight excluding hydrogens is 393 g/mol.